The van der Waals surface area contributed by atoms with Crippen molar-refractivity contribution in [2.24, 2.45) is 0 Å². The van der Waals surface area contributed by atoms with Crippen LogP contribution in [-0.2, 0) is 15.9 Å². The zero-order valence-corrected chi connectivity index (χ0v) is 30.4. The van der Waals surface area contributed by atoms with Crippen LogP contribution in [0.1, 0.15) is 44.5 Å². The second-order valence-electron chi connectivity index (χ2n) is 15.1. The molecule has 1 aliphatic carbocycles. The number of ether oxygens (including phenoxy) is 3. The summed E-state index contributed by atoms with van der Waals surface area (Å²) in [6.07, 6.45) is 9.16. The summed E-state index contributed by atoms with van der Waals surface area (Å²) >= 11 is 0. The summed E-state index contributed by atoms with van der Waals surface area (Å²) in [6, 6.07) is 46.1. The van der Waals surface area contributed by atoms with E-state index in [-0.39, 0.29) is 0 Å². The molecule has 262 valence electrons. The van der Waals surface area contributed by atoms with E-state index in [0.717, 1.165) is 82.0 Å². The molecule has 7 aromatic carbocycles. The van der Waals surface area contributed by atoms with E-state index in [1.165, 1.54) is 38.7 Å². The summed E-state index contributed by atoms with van der Waals surface area (Å²) in [4.78, 5) is 2.40. The van der Waals surface area contributed by atoms with Gasteiger partial charge in [-0.15, -0.1) is 0 Å². The van der Waals surface area contributed by atoms with Crippen molar-refractivity contribution in [1.29, 1.82) is 0 Å². The number of morpholine rings is 1. The quantitative estimate of drug-likeness (QED) is 0.184. The van der Waals surface area contributed by atoms with Crippen LogP contribution in [-0.4, -0.2) is 26.3 Å². The molecule has 7 aromatic rings. The van der Waals surface area contributed by atoms with Crippen molar-refractivity contribution in [1.82, 2.24) is 0 Å². The number of hydrogen-bond donors (Lipinski definition) is 0. The molecule has 2 atom stereocenters. The topological polar surface area (TPSA) is 30.9 Å². The van der Waals surface area contributed by atoms with Gasteiger partial charge < -0.3 is 19.1 Å². The lowest BCUT2D eigenvalue weighted by Gasteiger charge is -2.40. The molecule has 4 heteroatoms. The van der Waals surface area contributed by atoms with Crippen molar-refractivity contribution in [3.8, 4) is 22.6 Å². The molecule has 0 radical (unpaired) electrons. The summed E-state index contributed by atoms with van der Waals surface area (Å²) in [5.74, 6) is 1.76. The Balaban J connectivity index is 1.16. The first-order valence-electron chi connectivity index (χ1n) is 19.0. The van der Waals surface area contributed by atoms with Gasteiger partial charge in [0.2, 0.25) is 0 Å². The number of aryl methyl sites for hydroxylation is 2. The molecule has 11 rings (SSSR count). The Bertz CT molecular complexity index is 2720. The fraction of sp³-hybridized carbons (Fsp3) is 0.160. The highest BCUT2D eigenvalue weighted by Gasteiger charge is 2.50. The first-order valence-corrected chi connectivity index (χ1v) is 19.0. The summed E-state index contributed by atoms with van der Waals surface area (Å²) < 4.78 is 20.7. The van der Waals surface area contributed by atoms with Gasteiger partial charge in [-0.25, -0.2) is 0 Å². The van der Waals surface area contributed by atoms with Crippen molar-refractivity contribution in [2.75, 3.05) is 31.2 Å². The lowest BCUT2D eigenvalue weighted by molar-refractivity contribution is 0.122. The van der Waals surface area contributed by atoms with Gasteiger partial charge in [0.15, 0.2) is 11.2 Å². The molecule has 3 aliphatic heterocycles. The minimum atomic E-state index is -0.854. The van der Waals surface area contributed by atoms with Crippen LogP contribution in [0.2, 0.25) is 0 Å². The zero-order chi connectivity index (χ0) is 36.0. The van der Waals surface area contributed by atoms with Crippen LogP contribution in [0, 0.1) is 13.8 Å². The molecule has 0 bridgehead atoms. The van der Waals surface area contributed by atoms with Crippen molar-refractivity contribution in [2.45, 2.75) is 25.0 Å². The summed E-state index contributed by atoms with van der Waals surface area (Å²) in [7, 11) is 0. The third kappa shape index (κ3) is 4.47. The molecule has 0 N–H and O–H groups in total. The number of hydrogen-bond acceptors (Lipinski definition) is 4. The monoisotopic (exact) mass is 701 g/mol. The molecule has 1 saturated heterocycles. The first-order chi connectivity index (χ1) is 26.5. The Morgan fingerprint density at radius 3 is 2.15 bits per heavy atom. The van der Waals surface area contributed by atoms with Crippen LogP contribution in [0.25, 0.3) is 44.8 Å². The summed E-state index contributed by atoms with van der Waals surface area (Å²) in [6.45, 7) is 7.62. The van der Waals surface area contributed by atoms with Gasteiger partial charge in [-0.2, -0.15) is 0 Å². The lowest BCUT2D eigenvalue weighted by Crippen LogP contribution is -2.37. The number of fused-ring (bicyclic) bond motifs is 13. The van der Waals surface area contributed by atoms with E-state index in [2.05, 4.69) is 170 Å². The highest BCUT2D eigenvalue weighted by molar-refractivity contribution is 6.09. The highest BCUT2D eigenvalue weighted by atomic mass is 16.5. The van der Waals surface area contributed by atoms with Crippen molar-refractivity contribution in [3.05, 3.63) is 184 Å². The number of nitrogens with zero attached hydrogens (tertiary/aromatic N) is 1. The fourth-order valence-electron chi connectivity index (χ4n) is 9.37. The van der Waals surface area contributed by atoms with E-state index in [9.17, 15) is 0 Å². The standard InChI is InChI=1S/C50H39NO3/c1-32-12-19-40-43(30-32)48-42(23-24-49(54-48,35-9-4-3-5-10-35)36-15-17-37(18-16-36)51-26-28-52-29-27-51)47-46(40)41-20-13-33(2)31-44(41)50(47)25-22-39-38-11-7-6-8-34(38)14-21-45(39)53-50/h3-25,30-31H,26-29H2,1-2H3. The molecule has 1 spiro atoms. The Kier molecular flexibility index (Phi) is 6.81. The van der Waals surface area contributed by atoms with Gasteiger partial charge in [0.1, 0.15) is 11.5 Å². The SMILES string of the molecule is Cc1ccc2c(c1)C1(C=Cc3c(ccc4ccccc34)O1)c1c3c(c4cc(C)ccc4c1-2)OC(c1ccccc1)(c1ccc(N2CCOCC2)cc1)C=C3. The average Bonchev–Trinajstić information content (AvgIpc) is 3.49. The van der Waals surface area contributed by atoms with Gasteiger partial charge in [-0.05, 0) is 83.6 Å². The van der Waals surface area contributed by atoms with Gasteiger partial charge in [0.05, 0.1) is 13.2 Å². The van der Waals surface area contributed by atoms with Crippen LogP contribution in [0.5, 0.6) is 11.5 Å². The summed E-state index contributed by atoms with van der Waals surface area (Å²) in [5.41, 5.74) is 10.9. The molecule has 0 amide bonds. The van der Waals surface area contributed by atoms with Crippen molar-refractivity contribution >= 4 is 39.4 Å². The second kappa shape index (κ2) is 11.7. The third-order valence-corrected chi connectivity index (χ3v) is 12.0. The Morgan fingerprint density at radius 1 is 0.574 bits per heavy atom. The van der Waals surface area contributed by atoms with Gasteiger partial charge in [-0.3, -0.25) is 0 Å². The normalized spacial score (nSPS) is 20.7. The van der Waals surface area contributed by atoms with Crippen LogP contribution in [0.3, 0.4) is 0 Å². The Labute approximate surface area is 315 Å². The molecule has 54 heavy (non-hydrogen) atoms. The second-order valence-corrected chi connectivity index (χ2v) is 15.1. The molecule has 2 unspecified atom stereocenters. The molecule has 4 nitrogen and oxygen atoms in total. The summed E-state index contributed by atoms with van der Waals surface area (Å²) in [5, 5.41) is 4.66. The number of anilines is 1. The van der Waals surface area contributed by atoms with Gasteiger partial charge >= 0.3 is 0 Å². The largest absolute Gasteiger partial charge is 0.473 e. The van der Waals surface area contributed by atoms with Crippen LogP contribution in [0.15, 0.2) is 140 Å². The predicted octanol–water partition coefficient (Wildman–Crippen LogP) is 11.1. The van der Waals surface area contributed by atoms with Crippen molar-refractivity contribution < 1.29 is 14.2 Å². The number of rotatable bonds is 3. The van der Waals surface area contributed by atoms with E-state index < -0.39 is 11.2 Å². The molecule has 0 saturated carbocycles. The van der Waals surface area contributed by atoms with Crippen molar-refractivity contribution in [3.63, 3.8) is 0 Å². The minimum absolute atomic E-state index is 0.751. The Morgan fingerprint density at radius 2 is 1.30 bits per heavy atom. The first kappa shape index (κ1) is 31.4. The van der Waals surface area contributed by atoms with E-state index in [1.54, 1.807) is 0 Å². The molecule has 4 aliphatic rings. The maximum absolute atomic E-state index is 7.65. The van der Waals surface area contributed by atoms with Gasteiger partial charge in [0.25, 0.3) is 0 Å². The molecule has 0 aromatic heterocycles. The third-order valence-electron chi connectivity index (χ3n) is 12.0. The molecular formula is C50H39NO3. The Hall–Kier alpha value is -6.10. The molecular weight excluding hydrogens is 663 g/mol. The molecule has 3 heterocycles. The fourth-order valence-corrected chi connectivity index (χ4v) is 9.37. The highest BCUT2D eigenvalue weighted by Crippen LogP contribution is 2.60. The maximum atomic E-state index is 7.65. The average molecular weight is 702 g/mol. The predicted molar refractivity (Wildman–Crippen MR) is 220 cm³/mol. The van der Waals surface area contributed by atoms with E-state index in [4.69, 9.17) is 14.2 Å². The van der Waals surface area contributed by atoms with Crippen LogP contribution in [0.4, 0.5) is 5.69 Å². The van der Waals surface area contributed by atoms with E-state index in [1.807, 2.05) is 0 Å². The van der Waals surface area contributed by atoms with E-state index >= 15 is 0 Å². The maximum Gasteiger partial charge on any atom is 0.180 e. The van der Waals surface area contributed by atoms with Crippen LogP contribution < -0.4 is 14.4 Å². The van der Waals surface area contributed by atoms with Crippen LogP contribution >= 0.6 is 0 Å². The smallest absolute Gasteiger partial charge is 0.180 e. The number of benzene rings is 7. The van der Waals surface area contributed by atoms with E-state index in [0.29, 0.717) is 0 Å². The zero-order valence-electron chi connectivity index (χ0n) is 30.4. The van der Waals surface area contributed by atoms with Gasteiger partial charge in [-0.1, -0.05) is 120 Å². The lowest BCUT2D eigenvalue weighted by atomic mass is 9.79. The van der Waals surface area contributed by atoms with Gasteiger partial charge in [0, 0.05) is 57.5 Å². The minimum Gasteiger partial charge on any atom is -0.473 e. The molecule has 1 fully saturated rings.